The van der Waals surface area contributed by atoms with Gasteiger partial charge in [-0.15, -0.1) is 0 Å². The highest BCUT2D eigenvalue weighted by molar-refractivity contribution is 5.85. The summed E-state index contributed by atoms with van der Waals surface area (Å²) in [4.78, 5) is 20.7. The average molecular weight is 458 g/mol. The van der Waals surface area contributed by atoms with E-state index < -0.39 is 0 Å². The lowest BCUT2D eigenvalue weighted by Gasteiger charge is -2.34. The number of carbonyl (C=O) groups is 1. The van der Waals surface area contributed by atoms with Crippen molar-refractivity contribution < 1.29 is 14.3 Å². The maximum atomic E-state index is 11.5. The number of nitrogens with zero attached hydrogens (tertiary/aromatic N) is 3. The lowest BCUT2D eigenvalue weighted by molar-refractivity contribution is -0.129. The molecule has 1 saturated carbocycles. The minimum absolute atomic E-state index is 0.0481. The number of benzene rings is 2. The zero-order chi connectivity index (χ0) is 23.5. The molecule has 1 fully saturated rings. The number of amides is 1. The fourth-order valence-electron chi connectivity index (χ4n) is 4.23. The number of hydrogen-bond donors (Lipinski definition) is 2. The van der Waals surface area contributed by atoms with Gasteiger partial charge in [0.05, 0.1) is 6.10 Å². The smallest absolute Gasteiger partial charge is 0.245 e. The number of nitrogen functional groups attached to an aromatic ring is 1. The second-order valence-electron chi connectivity index (χ2n) is 8.43. The Morgan fingerprint density at radius 2 is 2.00 bits per heavy atom. The van der Waals surface area contributed by atoms with Crippen LogP contribution in [0, 0.1) is 0 Å². The van der Waals surface area contributed by atoms with Crippen LogP contribution < -0.4 is 15.8 Å². The summed E-state index contributed by atoms with van der Waals surface area (Å²) < 4.78 is 13.7. The van der Waals surface area contributed by atoms with Crippen LogP contribution >= 0.6 is 0 Å². The van der Waals surface area contributed by atoms with Gasteiger partial charge in [-0.05, 0) is 30.5 Å². The molecule has 34 heavy (non-hydrogen) atoms. The Kier molecular flexibility index (Phi) is 6.14. The van der Waals surface area contributed by atoms with Crippen molar-refractivity contribution in [2.24, 2.45) is 0 Å². The van der Waals surface area contributed by atoms with Crippen molar-refractivity contribution >= 4 is 17.2 Å². The number of imidazole rings is 1. The molecule has 8 heteroatoms. The molecule has 0 spiro atoms. The first kappa shape index (κ1) is 21.9. The molecule has 0 atom stereocenters. The summed E-state index contributed by atoms with van der Waals surface area (Å²) in [5.41, 5.74) is 9.88. The van der Waals surface area contributed by atoms with E-state index in [-0.39, 0.29) is 24.5 Å². The first-order valence-corrected chi connectivity index (χ1v) is 11.3. The maximum Gasteiger partial charge on any atom is 0.245 e. The Hall–Kier alpha value is -3.91. The van der Waals surface area contributed by atoms with Gasteiger partial charge in [-0.1, -0.05) is 42.5 Å². The Bertz CT molecular complexity index is 1300. The van der Waals surface area contributed by atoms with E-state index in [9.17, 15) is 4.79 Å². The van der Waals surface area contributed by atoms with Crippen molar-refractivity contribution in [3.05, 3.63) is 78.4 Å². The van der Waals surface area contributed by atoms with E-state index in [1.807, 2.05) is 65.2 Å². The Balaban J connectivity index is 1.39. The van der Waals surface area contributed by atoms with Crippen LogP contribution in [-0.4, -0.2) is 40.0 Å². The highest BCUT2D eigenvalue weighted by Gasteiger charge is 2.35. The third-order valence-corrected chi connectivity index (χ3v) is 6.16. The van der Waals surface area contributed by atoms with E-state index in [0.717, 1.165) is 46.8 Å². The van der Waals surface area contributed by atoms with Crippen molar-refractivity contribution in [1.29, 1.82) is 0 Å². The van der Waals surface area contributed by atoms with E-state index in [1.54, 1.807) is 13.2 Å². The first-order valence-electron chi connectivity index (χ1n) is 11.3. The summed E-state index contributed by atoms with van der Waals surface area (Å²) in [5, 5.41) is 2.57. The minimum Gasteiger partial charge on any atom is -0.489 e. The van der Waals surface area contributed by atoms with Crippen LogP contribution in [0.2, 0.25) is 0 Å². The lowest BCUT2D eigenvalue weighted by atomic mass is 9.81. The quantitative estimate of drug-likeness (QED) is 0.419. The Morgan fingerprint density at radius 3 is 2.79 bits per heavy atom. The van der Waals surface area contributed by atoms with Crippen molar-refractivity contribution in [3.8, 4) is 17.0 Å². The fraction of sp³-hybridized carbons (Fsp3) is 0.269. The summed E-state index contributed by atoms with van der Waals surface area (Å²) in [5.74, 6) is 2.21. The normalized spacial score (nSPS) is 17.3. The largest absolute Gasteiger partial charge is 0.489 e. The van der Waals surface area contributed by atoms with Gasteiger partial charge in [0.15, 0.2) is 0 Å². The van der Waals surface area contributed by atoms with Gasteiger partial charge in [0.25, 0.3) is 0 Å². The molecular formula is C26H27N5O3. The molecule has 2 heterocycles. The summed E-state index contributed by atoms with van der Waals surface area (Å²) in [6, 6.07) is 17.9. The monoisotopic (exact) mass is 457 g/mol. The Labute approximate surface area is 197 Å². The number of rotatable bonds is 8. The molecule has 3 N–H and O–H groups in total. The van der Waals surface area contributed by atoms with Gasteiger partial charge in [0, 0.05) is 30.9 Å². The van der Waals surface area contributed by atoms with Gasteiger partial charge in [-0.25, -0.2) is 9.97 Å². The standard InChI is InChI=1S/C26H27N5O3/c1-28-22(32)16-34-21-13-19(14-21)26-30-23(24-25(27)29-10-11-31(24)26)18-8-5-9-20(12-18)33-15-17-6-3-2-4-7-17/h2-12,19,21H,13-16H2,1H3,(H2,27,29)(H,28,32). The number of nitrogens with two attached hydrogens (primary N) is 1. The molecule has 1 aliphatic carbocycles. The van der Waals surface area contributed by atoms with Crippen molar-refractivity contribution in [2.75, 3.05) is 19.4 Å². The van der Waals surface area contributed by atoms with Crippen LogP contribution in [0.4, 0.5) is 5.82 Å². The molecule has 0 unspecified atom stereocenters. The van der Waals surface area contributed by atoms with Crippen molar-refractivity contribution in [1.82, 2.24) is 19.7 Å². The Morgan fingerprint density at radius 1 is 1.18 bits per heavy atom. The minimum atomic E-state index is -0.120. The molecule has 174 valence electrons. The zero-order valence-electron chi connectivity index (χ0n) is 19.0. The van der Waals surface area contributed by atoms with Gasteiger partial charge in [0.2, 0.25) is 5.91 Å². The number of fused-ring (bicyclic) bond motifs is 1. The summed E-state index contributed by atoms with van der Waals surface area (Å²) in [7, 11) is 1.60. The molecule has 4 aromatic rings. The first-order chi connectivity index (χ1) is 16.6. The van der Waals surface area contributed by atoms with Crippen molar-refractivity contribution in [2.45, 2.75) is 31.5 Å². The van der Waals surface area contributed by atoms with E-state index in [1.165, 1.54) is 0 Å². The molecule has 2 aromatic heterocycles. The molecule has 0 saturated heterocycles. The van der Waals surface area contributed by atoms with Crippen LogP contribution in [-0.2, 0) is 16.1 Å². The SMILES string of the molecule is CNC(=O)COC1CC(c2nc(-c3cccc(OCc4ccccc4)c3)c3c(N)nccn23)C1. The summed E-state index contributed by atoms with van der Waals surface area (Å²) in [6.45, 7) is 0.566. The van der Waals surface area contributed by atoms with E-state index in [2.05, 4.69) is 10.3 Å². The maximum absolute atomic E-state index is 11.5. The van der Waals surface area contributed by atoms with E-state index in [0.29, 0.717) is 12.4 Å². The topological polar surface area (TPSA) is 104 Å². The number of anilines is 1. The molecule has 2 aromatic carbocycles. The number of likely N-dealkylation sites (N-methyl/N-ethyl adjacent to an activating group) is 1. The third-order valence-electron chi connectivity index (χ3n) is 6.16. The van der Waals surface area contributed by atoms with Gasteiger partial charge < -0.3 is 20.5 Å². The average Bonchev–Trinajstić information content (AvgIpc) is 3.23. The zero-order valence-corrected chi connectivity index (χ0v) is 19.0. The number of hydrogen-bond acceptors (Lipinski definition) is 6. The molecule has 1 amide bonds. The van der Waals surface area contributed by atoms with Crippen LogP contribution in [0.5, 0.6) is 5.75 Å². The highest BCUT2D eigenvalue weighted by atomic mass is 16.5. The predicted molar refractivity (Wildman–Crippen MR) is 129 cm³/mol. The molecule has 0 bridgehead atoms. The number of aromatic nitrogens is 3. The fourth-order valence-corrected chi connectivity index (χ4v) is 4.23. The lowest BCUT2D eigenvalue weighted by Crippen LogP contribution is -2.34. The van der Waals surface area contributed by atoms with Crippen LogP contribution in [0.1, 0.15) is 30.1 Å². The molecule has 0 aliphatic heterocycles. The summed E-state index contributed by atoms with van der Waals surface area (Å²) >= 11 is 0. The third kappa shape index (κ3) is 4.45. The van der Waals surface area contributed by atoms with Gasteiger partial charge >= 0.3 is 0 Å². The van der Waals surface area contributed by atoms with E-state index >= 15 is 0 Å². The predicted octanol–water partition coefficient (Wildman–Crippen LogP) is 3.57. The van der Waals surface area contributed by atoms with Crippen molar-refractivity contribution in [3.63, 3.8) is 0 Å². The molecular weight excluding hydrogens is 430 g/mol. The molecule has 5 rings (SSSR count). The van der Waals surface area contributed by atoms with Gasteiger partial charge in [-0.3, -0.25) is 9.20 Å². The van der Waals surface area contributed by atoms with Crippen LogP contribution in [0.25, 0.3) is 16.8 Å². The van der Waals surface area contributed by atoms with Gasteiger partial charge in [0.1, 0.15) is 41.8 Å². The van der Waals surface area contributed by atoms with Crippen LogP contribution in [0.3, 0.4) is 0 Å². The highest BCUT2D eigenvalue weighted by Crippen LogP contribution is 2.41. The number of carbonyl (C=O) groups excluding carboxylic acids is 1. The van der Waals surface area contributed by atoms with E-state index in [4.69, 9.17) is 20.2 Å². The van der Waals surface area contributed by atoms with Crippen LogP contribution in [0.15, 0.2) is 67.0 Å². The number of nitrogens with one attached hydrogen (secondary N) is 1. The second kappa shape index (κ2) is 9.52. The van der Waals surface area contributed by atoms with Gasteiger partial charge in [-0.2, -0.15) is 0 Å². The molecule has 1 aliphatic rings. The number of ether oxygens (including phenoxy) is 2. The molecule has 0 radical (unpaired) electrons. The molecule has 8 nitrogen and oxygen atoms in total. The second-order valence-corrected chi connectivity index (χ2v) is 8.43. The summed E-state index contributed by atoms with van der Waals surface area (Å²) in [6.07, 6.45) is 5.24.